The first kappa shape index (κ1) is 26.2. The number of hydrogen-bond acceptors (Lipinski definition) is 8. The Bertz CT molecular complexity index is 1420. The maximum atomic E-state index is 14.8. The highest BCUT2D eigenvalue weighted by Crippen LogP contribution is 2.33. The van der Waals surface area contributed by atoms with Gasteiger partial charge < -0.3 is 24.8 Å². The summed E-state index contributed by atoms with van der Waals surface area (Å²) in [6, 6.07) is 0. The largest absolute Gasteiger partial charge is 0.479 e. The highest BCUT2D eigenvalue weighted by atomic mass is 35.5. The van der Waals surface area contributed by atoms with E-state index in [2.05, 4.69) is 26.8 Å². The molecule has 1 atom stereocenters. The molecule has 0 bridgehead atoms. The van der Waals surface area contributed by atoms with Crippen molar-refractivity contribution in [3.05, 3.63) is 40.1 Å². The van der Waals surface area contributed by atoms with Gasteiger partial charge in [0, 0.05) is 19.0 Å². The van der Waals surface area contributed by atoms with Crippen molar-refractivity contribution in [2.24, 2.45) is 0 Å². The van der Waals surface area contributed by atoms with Gasteiger partial charge in [-0.25, -0.2) is 14.8 Å². The van der Waals surface area contributed by atoms with Gasteiger partial charge in [-0.2, -0.15) is 13.8 Å². The van der Waals surface area contributed by atoms with Gasteiger partial charge in [-0.1, -0.05) is 17.5 Å². The number of carbonyl (C=O) groups excluding carboxylic acids is 1. The SMILES string of the molecule is COc1nc(OC)c(F)c(C#Cc2nc([C@H]3CCN(C(=O)OC(C)(C)C)C3)n3c(Cl)cnc(N)c23)c1F. The fraction of sp³-hybridized carbons (Fsp3) is 0.417. The average molecular weight is 535 g/mol. The molecule has 0 aliphatic carbocycles. The molecule has 4 rings (SSSR count). The maximum absolute atomic E-state index is 14.8. The summed E-state index contributed by atoms with van der Waals surface area (Å²) in [6.07, 6.45) is 1.51. The smallest absolute Gasteiger partial charge is 0.410 e. The number of amides is 1. The Balaban J connectivity index is 1.78. The number of aromatic nitrogens is 4. The molecule has 0 aromatic carbocycles. The van der Waals surface area contributed by atoms with Crippen molar-refractivity contribution < 1.29 is 27.8 Å². The standard InChI is InChI=1S/C24H25ClF2N6O4/c1-24(2,3)37-23(34)32-9-8-12(11-32)20-30-14(18-19(28)29-10-15(25)33(18)20)7-6-13-16(26)21(35-4)31-22(36-5)17(13)27/h10,12H,8-9,11H2,1-5H3,(H2,28,29)/t12-/m0/s1. The third-order valence-electron chi connectivity index (χ3n) is 5.59. The number of nitrogen functional groups attached to an aromatic ring is 1. The van der Waals surface area contributed by atoms with E-state index in [1.165, 1.54) is 20.4 Å². The van der Waals surface area contributed by atoms with Crippen LogP contribution in [0, 0.1) is 23.5 Å². The highest BCUT2D eigenvalue weighted by Gasteiger charge is 2.34. The van der Waals surface area contributed by atoms with Crippen LogP contribution >= 0.6 is 11.6 Å². The van der Waals surface area contributed by atoms with Gasteiger partial charge in [0.15, 0.2) is 5.82 Å². The van der Waals surface area contributed by atoms with Gasteiger partial charge in [0.25, 0.3) is 11.8 Å². The molecule has 3 aromatic rings. The van der Waals surface area contributed by atoms with Crippen molar-refractivity contribution in [3.63, 3.8) is 0 Å². The predicted molar refractivity (Wildman–Crippen MR) is 131 cm³/mol. The number of nitrogens with two attached hydrogens (primary N) is 1. The van der Waals surface area contributed by atoms with Crippen molar-refractivity contribution in [2.45, 2.75) is 38.7 Å². The van der Waals surface area contributed by atoms with Crippen molar-refractivity contribution >= 4 is 29.0 Å². The molecule has 0 spiro atoms. The van der Waals surface area contributed by atoms with Gasteiger partial charge in [-0.15, -0.1) is 0 Å². The number of halogens is 3. The lowest BCUT2D eigenvalue weighted by atomic mass is 10.1. The molecule has 196 valence electrons. The summed E-state index contributed by atoms with van der Waals surface area (Å²) in [5, 5.41) is 0.208. The first-order valence-electron chi connectivity index (χ1n) is 11.2. The lowest BCUT2D eigenvalue weighted by Crippen LogP contribution is -2.35. The Hall–Kier alpha value is -3.85. The Morgan fingerprint density at radius 1 is 1.16 bits per heavy atom. The number of fused-ring (bicyclic) bond motifs is 1. The Kier molecular flexibility index (Phi) is 7.01. The number of carbonyl (C=O) groups is 1. The second-order valence-corrected chi connectivity index (χ2v) is 9.65. The summed E-state index contributed by atoms with van der Waals surface area (Å²) in [7, 11) is 2.37. The number of hydrogen-bond donors (Lipinski definition) is 1. The van der Waals surface area contributed by atoms with Gasteiger partial charge in [-0.3, -0.25) is 4.40 Å². The third-order valence-corrected chi connectivity index (χ3v) is 5.85. The number of pyridine rings is 1. The van der Waals surface area contributed by atoms with Crippen molar-refractivity contribution in [3.8, 4) is 23.6 Å². The first-order valence-corrected chi connectivity index (χ1v) is 11.6. The molecule has 2 N–H and O–H groups in total. The van der Waals surface area contributed by atoms with Crippen LogP contribution in [0.25, 0.3) is 5.52 Å². The van der Waals surface area contributed by atoms with Gasteiger partial charge in [-0.05, 0) is 33.1 Å². The molecule has 0 radical (unpaired) electrons. The molecule has 4 heterocycles. The summed E-state index contributed by atoms with van der Waals surface area (Å²) in [5.41, 5.74) is 5.25. The summed E-state index contributed by atoms with van der Waals surface area (Å²) >= 11 is 6.45. The minimum atomic E-state index is -1.09. The lowest BCUT2D eigenvalue weighted by molar-refractivity contribution is 0.0292. The third kappa shape index (κ3) is 5.04. The van der Waals surface area contributed by atoms with Crippen LogP contribution in [0.1, 0.15) is 50.2 Å². The fourth-order valence-electron chi connectivity index (χ4n) is 3.96. The van der Waals surface area contributed by atoms with E-state index in [1.807, 2.05) is 0 Å². The number of likely N-dealkylation sites (tertiary alicyclic amines) is 1. The van der Waals surface area contributed by atoms with Crippen LogP contribution in [0.2, 0.25) is 5.15 Å². The minimum Gasteiger partial charge on any atom is -0.479 e. The fourth-order valence-corrected chi connectivity index (χ4v) is 4.18. The van der Waals surface area contributed by atoms with Crippen LogP contribution in [0.4, 0.5) is 19.4 Å². The molecule has 3 aromatic heterocycles. The molecular weight excluding hydrogens is 510 g/mol. The predicted octanol–water partition coefficient (Wildman–Crippen LogP) is 3.78. The van der Waals surface area contributed by atoms with Crippen LogP contribution < -0.4 is 15.2 Å². The summed E-state index contributed by atoms with van der Waals surface area (Å²) < 4.78 is 46.3. The van der Waals surface area contributed by atoms with E-state index in [-0.39, 0.29) is 28.1 Å². The van der Waals surface area contributed by atoms with Crippen LogP contribution in [0.3, 0.4) is 0 Å². The van der Waals surface area contributed by atoms with Gasteiger partial charge in [0.05, 0.1) is 20.4 Å². The van der Waals surface area contributed by atoms with Crippen molar-refractivity contribution in [1.29, 1.82) is 0 Å². The second-order valence-electron chi connectivity index (χ2n) is 9.26. The molecule has 13 heteroatoms. The zero-order valence-corrected chi connectivity index (χ0v) is 21.6. The van der Waals surface area contributed by atoms with Gasteiger partial charge in [0.1, 0.15) is 33.4 Å². The van der Waals surface area contributed by atoms with E-state index in [0.717, 1.165) is 0 Å². The molecule has 0 saturated carbocycles. The van der Waals surface area contributed by atoms with Crippen LogP contribution in [0.5, 0.6) is 11.8 Å². The summed E-state index contributed by atoms with van der Waals surface area (Å²) in [5.74, 6) is 2.32. The van der Waals surface area contributed by atoms with Gasteiger partial charge in [0.2, 0.25) is 11.6 Å². The number of rotatable bonds is 3. The quantitative estimate of drug-likeness (QED) is 0.505. The van der Waals surface area contributed by atoms with E-state index < -0.39 is 40.7 Å². The Morgan fingerprint density at radius 2 is 1.81 bits per heavy atom. The molecule has 10 nitrogen and oxygen atoms in total. The van der Waals surface area contributed by atoms with E-state index in [0.29, 0.717) is 25.3 Å². The topological polar surface area (TPSA) is 117 Å². The molecule has 1 aliphatic heterocycles. The zero-order chi connectivity index (χ0) is 27.1. The van der Waals surface area contributed by atoms with Crippen molar-refractivity contribution in [1.82, 2.24) is 24.3 Å². The Morgan fingerprint density at radius 3 is 2.41 bits per heavy atom. The van der Waals surface area contributed by atoms with E-state index in [4.69, 9.17) is 31.5 Å². The molecule has 1 amide bonds. The summed E-state index contributed by atoms with van der Waals surface area (Å²) in [4.78, 5) is 26.4. The van der Waals surface area contributed by atoms with E-state index in [1.54, 1.807) is 30.1 Å². The lowest BCUT2D eigenvalue weighted by Gasteiger charge is -2.24. The van der Waals surface area contributed by atoms with Crippen LogP contribution in [-0.4, -0.2) is 63.3 Å². The van der Waals surface area contributed by atoms with Crippen molar-refractivity contribution in [2.75, 3.05) is 33.0 Å². The monoisotopic (exact) mass is 534 g/mol. The zero-order valence-electron chi connectivity index (χ0n) is 20.9. The normalized spacial score (nSPS) is 15.5. The molecule has 37 heavy (non-hydrogen) atoms. The highest BCUT2D eigenvalue weighted by molar-refractivity contribution is 6.29. The molecule has 1 fully saturated rings. The Labute approximate surface area is 216 Å². The number of imidazole rings is 1. The van der Waals surface area contributed by atoms with E-state index in [9.17, 15) is 13.6 Å². The number of ether oxygens (including phenoxy) is 3. The van der Waals surface area contributed by atoms with Gasteiger partial charge >= 0.3 is 6.09 Å². The molecular formula is C24H25ClF2N6O4. The van der Waals surface area contributed by atoms with Crippen LogP contribution in [-0.2, 0) is 4.74 Å². The minimum absolute atomic E-state index is 0.0697. The molecule has 1 saturated heterocycles. The number of nitrogens with zero attached hydrogens (tertiary/aromatic N) is 5. The first-order chi connectivity index (χ1) is 17.4. The molecule has 0 unspecified atom stereocenters. The average Bonchev–Trinajstić information content (AvgIpc) is 3.46. The maximum Gasteiger partial charge on any atom is 0.410 e. The number of anilines is 1. The number of methoxy groups -OCH3 is 2. The van der Waals surface area contributed by atoms with Crippen LogP contribution in [0.15, 0.2) is 6.20 Å². The second kappa shape index (κ2) is 9.89. The van der Waals surface area contributed by atoms with E-state index >= 15 is 0 Å². The summed E-state index contributed by atoms with van der Waals surface area (Å²) in [6.45, 7) is 6.14. The molecule has 1 aliphatic rings.